The lowest BCUT2D eigenvalue weighted by molar-refractivity contribution is 0.264. The summed E-state index contributed by atoms with van der Waals surface area (Å²) < 4.78 is 0. The van der Waals surface area contributed by atoms with Crippen LogP contribution in [-0.2, 0) is 12.8 Å². The minimum Gasteiger partial charge on any atom is -0.370 e. The van der Waals surface area contributed by atoms with E-state index < -0.39 is 0 Å². The minimum absolute atomic E-state index is 0.490. The molecule has 2 aliphatic rings. The smallest absolute Gasteiger partial charge is 0.225 e. The SMILES string of the molecule is NC(=NCCN1CCN(c2ncccn2)CC1)Nc1ccc2c(c1)CCC2. The highest BCUT2D eigenvalue weighted by molar-refractivity contribution is 5.92. The van der Waals surface area contributed by atoms with E-state index in [1.807, 2.05) is 6.07 Å². The van der Waals surface area contributed by atoms with Crippen LogP contribution < -0.4 is 16.0 Å². The van der Waals surface area contributed by atoms with Gasteiger partial charge in [0.1, 0.15) is 0 Å². The lowest BCUT2D eigenvalue weighted by atomic mass is 10.1. The van der Waals surface area contributed by atoms with Gasteiger partial charge in [-0.1, -0.05) is 6.07 Å². The number of piperazine rings is 1. The standard InChI is InChI=1S/C20H27N7/c21-19(25-18-6-5-16-3-1-4-17(16)15-18)22-9-10-26-11-13-27(14-12-26)20-23-7-2-8-24-20/h2,5-8,15H,1,3-4,9-14H2,(H3,21,22,25). The Morgan fingerprint density at radius 2 is 1.85 bits per heavy atom. The van der Waals surface area contributed by atoms with Crippen LogP contribution >= 0.6 is 0 Å². The molecule has 1 aromatic heterocycles. The van der Waals surface area contributed by atoms with Crippen molar-refractivity contribution in [2.45, 2.75) is 19.3 Å². The van der Waals surface area contributed by atoms with E-state index in [9.17, 15) is 0 Å². The van der Waals surface area contributed by atoms with Crippen LogP contribution in [0.5, 0.6) is 0 Å². The molecule has 1 aliphatic carbocycles. The number of nitrogens with two attached hydrogens (primary N) is 1. The number of guanidine groups is 1. The molecule has 0 atom stereocenters. The van der Waals surface area contributed by atoms with Crippen molar-refractivity contribution in [1.29, 1.82) is 0 Å². The summed E-state index contributed by atoms with van der Waals surface area (Å²) in [5.41, 5.74) is 10.0. The van der Waals surface area contributed by atoms with Gasteiger partial charge in [0.05, 0.1) is 6.54 Å². The van der Waals surface area contributed by atoms with E-state index >= 15 is 0 Å². The molecule has 0 amide bonds. The molecule has 7 nitrogen and oxygen atoms in total. The average Bonchev–Trinajstić information content (AvgIpc) is 3.17. The highest BCUT2D eigenvalue weighted by atomic mass is 15.3. The zero-order valence-corrected chi connectivity index (χ0v) is 15.6. The fourth-order valence-corrected chi connectivity index (χ4v) is 3.77. The van der Waals surface area contributed by atoms with Gasteiger partial charge < -0.3 is 16.0 Å². The molecule has 1 fully saturated rings. The molecule has 4 rings (SSSR count). The predicted molar refractivity (Wildman–Crippen MR) is 109 cm³/mol. The molecule has 1 aromatic carbocycles. The van der Waals surface area contributed by atoms with Crippen molar-refractivity contribution in [3.05, 3.63) is 47.8 Å². The third-order valence-electron chi connectivity index (χ3n) is 5.28. The molecule has 7 heteroatoms. The zero-order chi connectivity index (χ0) is 18.5. The van der Waals surface area contributed by atoms with Gasteiger partial charge in [-0.05, 0) is 48.6 Å². The number of anilines is 2. The van der Waals surface area contributed by atoms with E-state index in [0.29, 0.717) is 12.5 Å². The summed E-state index contributed by atoms with van der Waals surface area (Å²) in [5.74, 6) is 1.31. The highest BCUT2D eigenvalue weighted by Crippen LogP contribution is 2.24. The van der Waals surface area contributed by atoms with Gasteiger partial charge in [0.2, 0.25) is 5.95 Å². The first-order valence-corrected chi connectivity index (χ1v) is 9.71. The predicted octanol–water partition coefficient (Wildman–Crippen LogP) is 1.51. The Hall–Kier alpha value is -2.67. The Balaban J connectivity index is 1.21. The van der Waals surface area contributed by atoms with Crippen LogP contribution in [0.4, 0.5) is 11.6 Å². The highest BCUT2D eigenvalue weighted by Gasteiger charge is 2.18. The first-order valence-electron chi connectivity index (χ1n) is 9.71. The molecule has 0 saturated carbocycles. The average molecular weight is 365 g/mol. The first kappa shape index (κ1) is 17.7. The number of hydrogen-bond acceptors (Lipinski definition) is 5. The van der Waals surface area contributed by atoms with E-state index in [1.165, 1.54) is 30.4 Å². The lowest BCUT2D eigenvalue weighted by Crippen LogP contribution is -2.47. The topological polar surface area (TPSA) is 82.7 Å². The first-order chi connectivity index (χ1) is 13.3. The molecule has 3 N–H and O–H groups in total. The summed E-state index contributed by atoms with van der Waals surface area (Å²) in [4.78, 5) is 17.8. The van der Waals surface area contributed by atoms with Crippen molar-refractivity contribution in [1.82, 2.24) is 14.9 Å². The Labute approximate surface area is 160 Å². The van der Waals surface area contributed by atoms with Crippen LogP contribution in [0.1, 0.15) is 17.5 Å². The van der Waals surface area contributed by atoms with Crippen LogP contribution in [0.25, 0.3) is 0 Å². The van der Waals surface area contributed by atoms with E-state index in [4.69, 9.17) is 5.73 Å². The van der Waals surface area contributed by atoms with Crippen molar-refractivity contribution >= 4 is 17.6 Å². The molecule has 0 unspecified atom stereocenters. The van der Waals surface area contributed by atoms with E-state index in [2.05, 4.69) is 48.3 Å². The summed E-state index contributed by atoms with van der Waals surface area (Å²) in [6, 6.07) is 8.35. The van der Waals surface area contributed by atoms with E-state index in [1.54, 1.807) is 12.4 Å². The molecule has 0 bridgehead atoms. The van der Waals surface area contributed by atoms with Crippen molar-refractivity contribution in [2.24, 2.45) is 10.7 Å². The number of fused-ring (bicyclic) bond motifs is 1. The summed E-state index contributed by atoms with van der Waals surface area (Å²) in [6.45, 7) is 5.48. The van der Waals surface area contributed by atoms with Crippen LogP contribution in [0.15, 0.2) is 41.7 Å². The molecule has 142 valence electrons. The van der Waals surface area contributed by atoms with Crippen LogP contribution in [0.2, 0.25) is 0 Å². The Kier molecular flexibility index (Phi) is 5.48. The van der Waals surface area contributed by atoms with Crippen molar-refractivity contribution in [2.75, 3.05) is 49.5 Å². The van der Waals surface area contributed by atoms with Gasteiger partial charge in [-0.2, -0.15) is 0 Å². The van der Waals surface area contributed by atoms with Gasteiger partial charge >= 0.3 is 0 Å². The fourth-order valence-electron chi connectivity index (χ4n) is 3.77. The van der Waals surface area contributed by atoms with E-state index in [-0.39, 0.29) is 0 Å². The van der Waals surface area contributed by atoms with Crippen LogP contribution in [-0.4, -0.2) is 60.1 Å². The number of benzene rings is 1. The number of nitrogens with zero attached hydrogens (tertiary/aromatic N) is 5. The van der Waals surface area contributed by atoms with Crippen molar-refractivity contribution < 1.29 is 0 Å². The van der Waals surface area contributed by atoms with Gasteiger partial charge in [0.15, 0.2) is 5.96 Å². The molecular formula is C20H27N7. The second kappa shape index (κ2) is 8.35. The summed E-state index contributed by atoms with van der Waals surface area (Å²) >= 11 is 0. The maximum absolute atomic E-state index is 6.06. The molecule has 1 saturated heterocycles. The molecule has 27 heavy (non-hydrogen) atoms. The maximum atomic E-state index is 6.06. The normalized spacial score (nSPS) is 17.8. The molecule has 0 radical (unpaired) electrons. The number of hydrogen-bond donors (Lipinski definition) is 2. The van der Waals surface area contributed by atoms with Gasteiger partial charge in [-0.15, -0.1) is 0 Å². The quantitative estimate of drug-likeness (QED) is 0.617. The van der Waals surface area contributed by atoms with Crippen LogP contribution in [0, 0.1) is 0 Å². The Morgan fingerprint density at radius 1 is 1.07 bits per heavy atom. The fraction of sp³-hybridized carbons (Fsp3) is 0.450. The van der Waals surface area contributed by atoms with Crippen LogP contribution in [0.3, 0.4) is 0 Å². The van der Waals surface area contributed by atoms with Gasteiger partial charge in [0.25, 0.3) is 0 Å². The second-order valence-corrected chi connectivity index (χ2v) is 7.11. The number of aliphatic imine (C=N–C) groups is 1. The third kappa shape index (κ3) is 4.54. The summed E-state index contributed by atoms with van der Waals surface area (Å²) in [7, 11) is 0. The van der Waals surface area contributed by atoms with E-state index in [0.717, 1.165) is 44.4 Å². The molecule has 2 heterocycles. The molecule has 0 spiro atoms. The number of aryl methyl sites for hydroxylation is 2. The number of rotatable bonds is 5. The van der Waals surface area contributed by atoms with Gasteiger partial charge in [0, 0.05) is 50.8 Å². The molecule has 2 aromatic rings. The molecular weight excluding hydrogens is 338 g/mol. The summed E-state index contributed by atoms with van der Waals surface area (Å²) in [6.07, 6.45) is 7.21. The largest absolute Gasteiger partial charge is 0.370 e. The Bertz CT molecular complexity index is 782. The van der Waals surface area contributed by atoms with Crippen molar-refractivity contribution in [3.63, 3.8) is 0 Å². The van der Waals surface area contributed by atoms with Gasteiger partial charge in [-0.25, -0.2) is 9.97 Å². The monoisotopic (exact) mass is 365 g/mol. The summed E-state index contributed by atoms with van der Waals surface area (Å²) in [5, 5.41) is 3.22. The number of nitrogens with one attached hydrogen (secondary N) is 1. The lowest BCUT2D eigenvalue weighted by Gasteiger charge is -2.34. The zero-order valence-electron chi connectivity index (χ0n) is 15.6. The Morgan fingerprint density at radius 3 is 2.67 bits per heavy atom. The third-order valence-corrected chi connectivity index (χ3v) is 5.28. The van der Waals surface area contributed by atoms with Gasteiger partial charge in [-0.3, -0.25) is 9.89 Å². The second-order valence-electron chi connectivity index (χ2n) is 7.11. The maximum Gasteiger partial charge on any atom is 0.225 e. The minimum atomic E-state index is 0.490. The number of aromatic nitrogens is 2. The molecule has 1 aliphatic heterocycles. The van der Waals surface area contributed by atoms with Crippen molar-refractivity contribution in [3.8, 4) is 0 Å².